The van der Waals surface area contributed by atoms with Crippen LogP contribution in [-0.4, -0.2) is 30.4 Å². The first-order chi connectivity index (χ1) is 13.3. The molecule has 2 N–H and O–H groups in total. The topological polar surface area (TPSA) is 84.5 Å². The molecule has 1 aromatic rings. The van der Waals surface area contributed by atoms with Gasteiger partial charge in [0, 0.05) is 19.9 Å². The van der Waals surface area contributed by atoms with Crippen LogP contribution in [0, 0.1) is 17.8 Å². The van der Waals surface area contributed by atoms with Gasteiger partial charge in [-0.15, -0.1) is 0 Å². The number of rotatable bonds is 7. The number of carbonyl (C=O) groups is 3. The molecule has 2 rings (SSSR count). The summed E-state index contributed by atoms with van der Waals surface area (Å²) in [7, 11) is 0. The van der Waals surface area contributed by atoms with E-state index in [1.807, 2.05) is 0 Å². The Hall–Kier alpha value is -2.37. The zero-order valence-corrected chi connectivity index (χ0v) is 17.3. The van der Waals surface area contributed by atoms with Crippen LogP contribution in [0.25, 0.3) is 0 Å². The monoisotopic (exact) mass is 388 g/mol. The van der Waals surface area contributed by atoms with E-state index in [-0.39, 0.29) is 30.9 Å². The highest BCUT2D eigenvalue weighted by Gasteiger charge is 2.34. The van der Waals surface area contributed by atoms with Crippen molar-refractivity contribution in [3.63, 3.8) is 0 Å². The maximum absolute atomic E-state index is 12.9. The van der Waals surface area contributed by atoms with Crippen molar-refractivity contribution < 1.29 is 19.1 Å². The molecule has 6 heteroatoms. The van der Waals surface area contributed by atoms with E-state index in [0.29, 0.717) is 29.0 Å². The van der Waals surface area contributed by atoms with Crippen molar-refractivity contribution in [2.75, 3.05) is 11.9 Å². The van der Waals surface area contributed by atoms with Crippen molar-refractivity contribution in [2.45, 2.75) is 59.5 Å². The third kappa shape index (κ3) is 6.36. The third-order valence-corrected chi connectivity index (χ3v) is 5.37. The van der Waals surface area contributed by atoms with Gasteiger partial charge in [-0.3, -0.25) is 9.59 Å². The second-order valence-electron chi connectivity index (χ2n) is 8.10. The number of esters is 1. The highest BCUT2D eigenvalue weighted by atomic mass is 16.5. The lowest BCUT2D eigenvalue weighted by Gasteiger charge is -2.36. The minimum absolute atomic E-state index is 0.0974. The maximum Gasteiger partial charge on any atom is 0.340 e. The summed E-state index contributed by atoms with van der Waals surface area (Å²) < 4.78 is 5.91. The molecule has 0 spiro atoms. The average Bonchev–Trinajstić information content (AvgIpc) is 2.61. The molecular formula is C22H32N2O4. The predicted molar refractivity (Wildman–Crippen MR) is 109 cm³/mol. The van der Waals surface area contributed by atoms with Crippen LogP contribution in [0.5, 0.6) is 0 Å². The fourth-order valence-corrected chi connectivity index (χ4v) is 3.79. The Labute approximate surface area is 167 Å². The number of hydrogen-bond acceptors (Lipinski definition) is 4. The fourth-order valence-electron chi connectivity index (χ4n) is 3.79. The van der Waals surface area contributed by atoms with E-state index in [9.17, 15) is 14.4 Å². The van der Waals surface area contributed by atoms with Gasteiger partial charge in [-0.25, -0.2) is 4.79 Å². The SMILES string of the molecule is CC(=O)NCCC(=O)Nc1ccccc1C(=O)O[C@@H]1C[C@@H](C)CC[C@H]1C(C)C. The molecule has 3 atom stereocenters. The highest BCUT2D eigenvalue weighted by Crippen LogP contribution is 2.36. The molecule has 0 radical (unpaired) electrons. The molecule has 1 fully saturated rings. The summed E-state index contributed by atoms with van der Waals surface area (Å²) >= 11 is 0. The summed E-state index contributed by atoms with van der Waals surface area (Å²) in [5, 5.41) is 5.34. The molecule has 1 aliphatic carbocycles. The molecule has 0 unspecified atom stereocenters. The van der Waals surface area contributed by atoms with Crippen LogP contribution in [0.4, 0.5) is 5.69 Å². The summed E-state index contributed by atoms with van der Waals surface area (Å²) in [6.45, 7) is 8.19. The number of ether oxygens (including phenoxy) is 1. The molecule has 0 bridgehead atoms. The molecule has 1 aromatic carbocycles. The van der Waals surface area contributed by atoms with Crippen LogP contribution in [0.15, 0.2) is 24.3 Å². The summed E-state index contributed by atoms with van der Waals surface area (Å²) in [4.78, 5) is 35.9. The average molecular weight is 389 g/mol. The molecule has 0 heterocycles. The molecule has 0 aliphatic heterocycles. The van der Waals surface area contributed by atoms with Gasteiger partial charge in [-0.1, -0.05) is 39.3 Å². The number of hydrogen-bond donors (Lipinski definition) is 2. The normalized spacial score (nSPS) is 21.8. The molecule has 6 nitrogen and oxygen atoms in total. The van der Waals surface area contributed by atoms with E-state index < -0.39 is 5.97 Å². The first-order valence-corrected chi connectivity index (χ1v) is 10.1. The third-order valence-electron chi connectivity index (χ3n) is 5.37. The lowest BCUT2D eigenvalue weighted by Crippen LogP contribution is -2.36. The Bertz CT molecular complexity index is 702. The van der Waals surface area contributed by atoms with Gasteiger partial charge >= 0.3 is 5.97 Å². The van der Waals surface area contributed by atoms with Gasteiger partial charge in [-0.05, 0) is 42.7 Å². The van der Waals surface area contributed by atoms with E-state index in [2.05, 4.69) is 31.4 Å². The van der Waals surface area contributed by atoms with Gasteiger partial charge in [0.1, 0.15) is 6.10 Å². The zero-order valence-electron chi connectivity index (χ0n) is 17.3. The number of benzene rings is 1. The molecule has 1 saturated carbocycles. The molecule has 0 aromatic heterocycles. The van der Waals surface area contributed by atoms with E-state index >= 15 is 0 Å². The Kier molecular flexibility index (Phi) is 8.03. The van der Waals surface area contributed by atoms with Gasteiger partial charge in [0.15, 0.2) is 0 Å². The second kappa shape index (κ2) is 10.2. The maximum atomic E-state index is 12.9. The second-order valence-corrected chi connectivity index (χ2v) is 8.10. The van der Waals surface area contributed by atoms with Gasteiger partial charge in [0.2, 0.25) is 11.8 Å². The number of anilines is 1. The van der Waals surface area contributed by atoms with Crippen molar-refractivity contribution in [1.82, 2.24) is 5.32 Å². The van der Waals surface area contributed by atoms with E-state index in [1.54, 1.807) is 24.3 Å². The van der Waals surface area contributed by atoms with Crippen LogP contribution >= 0.6 is 0 Å². The molecule has 0 saturated heterocycles. The lowest BCUT2D eigenvalue weighted by molar-refractivity contribution is -0.119. The van der Waals surface area contributed by atoms with Crippen LogP contribution in [0.2, 0.25) is 0 Å². The van der Waals surface area contributed by atoms with Crippen molar-refractivity contribution in [3.8, 4) is 0 Å². The Morgan fingerprint density at radius 1 is 1.18 bits per heavy atom. The number of para-hydroxylation sites is 1. The molecule has 28 heavy (non-hydrogen) atoms. The van der Waals surface area contributed by atoms with Gasteiger partial charge in [0.25, 0.3) is 0 Å². The molecule has 1 aliphatic rings. The van der Waals surface area contributed by atoms with Gasteiger partial charge in [-0.2, -0.15) is 0 Å². The molecule has 154 valence electrons. The first kappa shape index (κ1) is 21.9. The quantitative estimate of drug-likeness (QED) is 0.697. The van der Waals surface area contributed by atoms with E-state index in [1.165, 1.54) is 6.92 Å². The fraction of sp³-hybridized carbons (Fsp3) is 0.591. The Balaban J connectivity index is 2.05. The van der Waals surface area contributed by atoms with E-state index in [0.717, 1.165) is 19.3 Å². The minimum Gasteiger partial charge on any atom is -0.458 e. The van der Waals surface area contributed by atoms with Gasteiger partial charge in [0.05, 0.1) is 11.3 Å². The number of nitrogens with one attached hydrogen (secondary N) is 2. The largest absolute Gasteiger partial charge is 0.458 e. The van der Waals surface area contributed by atoms with Crippen molar-refractivity contribution in [3.05, 3.63) is 29.8 Å². The van der Waals surface area contributed by atoms with E-state index in [4.69, 9.17) is 4.74 Å². The zero-order chi connectivity index (χ0) is 20.7. The van der Waals surface area contributed by atoms with Crippen LogP contribution in [0.3, 0.4) is 0 Å². The van der Waals surface area contributed by atoms with Crippen LogP contribution < -0.4 is 10.6 Å². The number of amides is 2. The van der Waals surface area contributed by atoms with Crippen molar-refractivity contribution in [1.29, 1.82) is 0 Å². The molecular weight excluding hydrogens is 356 g/mol. The highest BCUT2D eigenvalue weighted by molar-refractivity contribution is 6.01. The summed E-state index contributed by atoms with van der Waals surface area (Å²) in [6.07, 6.45) is 3.15. The first-order valence-electron chi connectivity index (χ1n) is 10.1. The van der Waals surface area contributed by atoms with Crippen molar-refractivity contribution in [2.24, 2.45) is 17.8 Å². The summed E-state index contributed by atoms with van der Waals surface area (Å²) in [6, 6.07) is 6.88. The Morgan fingerprint density at radius 3 is 2.57 bits per heavy atom. The minimum atomic E-state index is -0.400. The van der Waals surface area contributed by atoms with Crippen LogP contribution in [0.1, 0.15) is 63.7 Å². The van der Waals surface area contributed by atoms with Crippen LogP contribution in [-0.2, 0) is 14.3 Å². The summed E-state index contributed by atoms with van der Waals surface area (Å²) in [5.41, 5.74) is 0.793. The predicted octanol–water partition coefficient (Wildman–Crippen LogP) is 3.77. The van der Waals surface area contributed by atoms with Crippen molar-refractivity contribution >= 4 is 23.5 Å². The molecule has 2 amide bonds. The summed E-state index contributed by atoms with van der Waals surface area (Å²) in [5.74, 6) is 0.506. The number of carbonyl (C=O) groups excluding carboxylic acids is 3. The van der Waals surface area contributed by atoms with Gasteiger partial charge < -0.3 is 15.4 Å². The standard InChI is InChI=1S/C22H32N2O4/c1-14(2)17-10-9-15(3)13-20(17)28-22(27)18-7-5-6-8-19(18)24-21(26)11-12-23-16(4)25/h5-8,14-15,17,20H,9-13H2,1-4H3,(H,23,25)(H,24,26)/t15-,17-,20+/m0/s1. The Morgan fingerprint density at radius 2 is 1.89 bits per heavy atom. The lowest BCUT2D eigenvalue weighted by atomic mass is 9.75. The smallest absolute Gasteiger partial charge is 0.340 e.